The Balaban J connectivity index is 2.71. The monoisotopic (exact) mass is 303 g/mol. The maximum absolute atomic E-state index is 11.7. The number of hydrogen-bond donors (Lipinski definition) is 3. The average molecular weight is 303 g/mol. The van der Waals surface area contributed by atoms with Gasteiger partial charge in [-0.3, -0.25) is 10.1 Å². The molecule has 8 nitrogen and oxygen atoms in total. The maximum atomic E-state index is 11.7. The fraction of sp³-hybridized carbons (Fsp3) is 0.273. The van der Waals surface area contributed by atoms with E-state index >= 15 is 0 Å². The lowest BCUT2D eigenvalue weighted by atomic mass is 10.2. The number of carboxylic acids is 2. The molecule has 1 unspecified atom stereocenters. The van der Waals surface area contributed by atoms with Gasteiger partial charge in [-0.25, -0.2) is 8.98 Å². The highest BCUT2D eigenvalue weighted by Crippen LogP contribution is 2.09. The summed E-state index contributed by atoms with van der Waals surface area (Å²) < 4.78 is 27.8. The minimum atomic E-state index is -4.16. The van der Waals surface area contributed by atoms with E-state index in [9.17, 15) is 18.0 Å². The van der Waals surface area contributed by atoms with Crippen LogP contribution >= 0.6 is 0 Å². The van der Waals surface area contributed by atoms with E-state index in [1.165, 1.54) is 0 Å². The van der Waals surface area contributed by atoms with Crippen molar-refractivity contribution in [3.05, 3.63) is 35.9 Å². The largest absolute Gasteiger partial charge is 0.480 e. The Kier molecular flexibility index (Phi) is 5.62. The number of rotatable bonds is 8. The molecule has 110 valence electrons. The van der Waals surface area contributed by atoms with Crippen LogP contribution in [-0.2, 0) is 29.6 Å². The molecule has 0 saturated carbocycles. The maximum Gasteiger partial charge on any atom is 0.349 e. The fourth-order valence-electron chi connectivity index (χ4n) is 1.30. The Morgan fingerprint density at radius 3 is 2.30 bits per heavy atom. The number of carbonyl (C=O) groups is 2. The van der Waals surface area contributed by atoms with Gasteiger partial charge in [0.25, 0.3) is 10.1 Å². The summed E-state index contributed by atoms with van der Waals surface area (Å²) in [5.74, 6) is -3.46. The third-order valence-electron chi connectivity index (χ3n) is 2.09. The molecule has 0 bridgehead atoms. The van der Waals surface area contributed by atoms with Crippen molar-refractivity contribution in [3.8, 4) is 0 Å². The first-order valence-electron chi connectivity index (χ1n) is 5.43. The molecule has 0 aliphatic heterocycles. The van der Waals surface area contributed by atoms with Gasteiger partial charge in [-0.15, -0.1) is 0 Å². The first-order chi connectivity index (χ1) is 9.30. The Labute approximate surface area is 115 Å². The molecule has 0 aliphatic rings. The van der Waals surface area contributed by atoms with E-state index in [-0.39, 0.29) is 0 Å². The van der Waals surface area contributed by atoms with Gasteiger partial charge >= 0.3 is 11.9 Å². The molecular weight excluding hydrogens is 290 g/mol. The minimum Gasteiger partial charge on any atom is -0.480 e. The van der Waals surface area contributed by atoms with Gasteiger partial charge in [0.1, 0.15) is 5.75 Å². The first-order valence-corrected chi connectivity index (χ1v) is 7.01. The molecule has 3 N–H and O–H groups in total. The van der Waals surface area contributed by atoms with E-state index in [0.717, 1.165) is 0 Å². The zero-order chi connectivity index (χ0) is 15.2. The van der Waals surface area contributed by atoms with Gasteiger partial charge < -0.3 is 10.2 Å². The zero-order valence-electron chi connectivity index (χ0n) is 10.2. The molecule has 1 atom stereocenters. The zero-order valence-corrected chi connectivity index (χ0v) is 11.0. The summed E-state index contributed by atoms with van der Waals surface area (Å²) in [4.78, 5) is 21.1. The third-order valence-corrected chi connectivity index (χ3v) is 3.26. The third kappa shape index (κ3) is 5.78. The number of hydrogen-bond acceptors (Lipinski definition) is 6. The summed E-state index contributed by atoms with van der Waals surface area (Å²) in [6.45, 7) is -0.738. The Morgan fingerprint density at radius 1 is 1.20 bits per heavy atom. The van der Waals surface area contributed by atoms with Crippen LogP contribution in [0, 0.1) is 0 Å². The molecule has 0 fully saturated rings. The highest BCUT2D eigenvalue weighted by Gasteiger charge is 2.26. The molecule has 1 rings (SSSR count). The van der Waals surface area contributed by atoms with Gasteiger partial charge in [-0.1, -0.05) is 30.3 Å². The molecule has 1 aromatic rings. The summed E-state index contributed by atoms with van der Waals surface area (Å²) in [6.07, 6.45) is -1.94. The van der Waals surface area contributed by atoms with Gasteiger partial charge in [0.15, 0.2) is 0 Å². The molecule has 0 radical (unpaired) electrons. The van der Waals surface area contributed by atoms with Crippen molar-refractivity contribution >= 4 is 22.1 Å². The van der Waals surface area contributed by atoms with E-state index in [1.54, 1.807) is 30.3 Å². The van der Waals surface area contributed by atoms with Crippen LogP contribution in [0.3, 0.4) is 0 Å². The Morgan fingerprint density at radius 2 is 1.80 bits per heavy atom. The number of aliphatic carboxylic acids is 2. The Bertz CT molecular complexity index is 570. The molecule has 0 amide bonds. The van der Waals surface area contributed by atoms with Crippen LogP contribution in [0.2, 0.25) is 0 Å². The molecule has 0 aliphatic carbocycles. The average Bonchev–Trinajstić information content (AvgIpc) is 2.34. The van der Waals surface area contributed by atoms with Gasteiger partial charge in [-0.2, -0.15) is 8.42 Å². The SMILES string of the molecule is O=C(O)CNC(OS(=O)(=O)Cc1ccccc1)C(=O)O. The molecular formula is C11H13NO7S. The molecule has 0 aromatic heterocycles. The predicted octanol–water partition coefficient (Wildman–Crippen LogP) is -0.382. The molecule has 0 saturated heterocycles. The van der Waals surface area contributed by atoms with Crippen LogP contribution in [0.15, 0.2) is 30.3 Å². The quantitative estimate of drug-likeness (QED) is 0.437. The van der Waals surface area contributed by atoms with Crippen LogP contribution in [-0.4, -0.2) is 43.3 Å². The van der Waals surface area contributed by atoms with Crippen molar-refractivity contribution < 1.29 is 32.4 Å². The Hall–Kier alpha value is -1.97. The van der Waals surface area contributed by atoms with E-state index in [4.69, 9.17) is 10.2 Å². The second-order valence-electron chi connectivity index (χ2n) is 3.78. The lowest BCUT2D eigenvalue weighted by molar-refractivity contribution is -0.147. The van der Waals surface area contributed by atoms with Crippen molar-refractivity contribution in [3.63, 3.8) is 0 Å². The van der Waals surface area contributed by atoms with Crippen LogP contribution in [0.25, 0.3) is 0 Å². The predicted molar refractivity (Wildman–Crippen MR) is 67.2 cm³/mol. The van der Waals surface area contributed by atoms with Crippen LogP contribution in [0.5, 0.6) is 0 Å². The van der Waals surface area contributed by atoms with Crippen molar-refractivity contribution in [1.29, 1.82) is 0 Å². The highest BCUT2D eigenvalue weighted by atomic mass is 32.2. The highest BCUT2D eigenvalue weighted by molar-refractivity contribution is 7.85. The molecule has 20 heavy (non-hydrogen) atoms. The lowest BCUT2D eigenvalue weighted by Gasteiger charge is -2.13. The normalized spacial score (nSPS) is 12.8. The molecule has 0 spiro atoms. The van der Waals surface area contributed by atoms with Crippen molar-refractivity contribution in [1.82, 2.24) is 5.32 Å². The van der Waals surface area contributed by atoms with E-state index in [2.05, 4.69) is 4.18 Å². The number of nitrogens with one attached hydrogen (secondary N) is 1. The van der Waals surface area contributed by atoms with Gasteiger partial charge in [0, 0.05) is 0 Å². The van der Waals surface area contributed by atoms with Crippen LogP contribution in [0.4, 0.5) is 0 Å². The van der Waals surface area contributed by atoms with Crippen LogP contribution in [0.1, 0.15) is 5.56 Å². The summed E-state index contributed by atoms with van der Waals surface area (Å²) in [6, 6.07) is 8.04. The molecule has 1 aromatic carbocycles. The van der Waals surface area contributed by atoms with Crippen molar-refractivity contribution in [2.45, 2.75) is 12.0 Å². The van der Waals surface area contributed by atoms with Gasteiger partial charge in [0.05, 0.1) is 6.54 Å². The van der Waals surface area contributed by atoms with E-state index < -0.39 is 40.6 Å². The standard InChI is InChI=1S/C11H13NO7S/c13-9(14)6-12-10(11(15)16)19-20(17,18)7-8-4-2-1-3-5-8/h1-5,10,12H,6-7H2,(H,13,14)(H,15,16). The molecule has 0 heterocycles. The first kappa shape index (κ1) is 16.1. The van der Waals surface area contributed by atoms with Gasteiger partial charge in [-0.05, 0) is 5.56 Å². The molecule has 9 heteroatoms. The fourth-order valence-corrected chi connectivity index (χ4v) is 2.41. The second kappa shape index (κ2) is 6.98. The number of carboxylic acid groups (broad SMARTS) is 2. The summed E-state index contributed by atoms with van der Waals surface area (Å²) in [5.41, 5.74) is 0.426. The lowest BCUT2D eigenvalue weighted by Crippen LogP contribution is -2.43. The summed E-state index contributed by atoms with van der Waals surface area (Å²) in [7, 11) is -4.16. The number of benzene rings is 1. The van der Waals surface area contributed by atoms with Gasteiger partial charge in [0.2, 0.25) is 6.23 Å². The van der Waals surface area contributed by atoms with E-state index in [0.29, 0.717) is 5.56 Å². The van der Waals surface area contributed by atoms with E-state index in [1.807, 2.05) is 5.32 Å². The van der Waals surface area contributed by atoms with Crippen molar-refractivity contribution in [2.24, 2.45) is 0 Å². The van der Waals surface area contributed by atoms with Crippen molar-refractivity contribution in [2.75, 3.05) is 6.54 Å². The topological polar surface area (TPSA) is 130 Å². The second-order valence-corrected chi connectivity index (χ2v) is 5.37. The van der Waals surface area contributed by atoms with Crippen LogP contribution < -0.4 is 5.32 Å². The smallest absolute Gasteiger partial charge is 0.349 e. The minimum absolute atomic E-state index is 0.426. The summed E-state index contributed by atoms with van der Waals surface area (Å²) in [5, 5.41) is 19.1. The summed E-state index contributed by atoms with van der Waals surface area (Å²) >= 11 is 0.